The van der Waals surface area contributed by atoms with Crippen LogP contribution in [-0.4, -0.2) is 38.0 Å². The van der Waals surface area contributed by atoms with E-state index in [1.807, 2.05) is 54.6 Å². The SMILES string of the molecule is CCCCc1cc(NC(=O)Nc2ccc(Oc3ccnc(Nc4ccc(O)cc4)n3)c3ccccc23)n(-c2ccc(OC)cc2)n1. The number of anilines is 4. The third-order valence-corrected chi connectivity index (χ3v) is 7.21. The number of fused-ring (bicyclic) bond motifs is 1. The molecular weight excluding hydrogens is 582 g/mol. The maximum Gasteiger partial charge on any atom is 0.324 e. The van der Waals surface area contributed by atoms with Crippen LogP contribution >= 0.6 is 0 Å². The van der Waals surface area contributed by atoms with Gasteiger partial charge in [0.2, 0.25) is 11.8 Å². The highest BCUT2D eigenvalue weighted by Crippen LogP contribution is 2.34. The van der Waals surface area contributed by atoms with Crippen LogP contribution in [-0.2, 0) is 6.42 Å². The molecule has 6 rings (SSSR count). The number of aromatic nitrogens is 4. The number of nitrogens with zero attached hydrogens (tertiary/aromatic N) is 4. The minimum absolute atomic E-state index is 0.169. The Balaban J connectivity index is 1.21. The minimum Gasteiger partial charge on any atom is -0.508 e. The van der Waals surface area contributed by atoms with Gasteiger partial charge in [0.15, 0.2) is 0 Å². The number of benzene rings is 4. The molecule has 0 radical (unpaired) electrons. The van der Waals surface area contributed by atoms with Crippen LogP contribution in [0.5, 0.6) is 23.1 Å². The maximum atomic E-state index is 13.4. The summed E-state index contributed by atoms with van der Waals surface area (Å²) in [5.41, 5.74) is 3.03. The van der Waals surface area contributed by atoms with Gasteiger partial charge in [-0.05, 0) is 73.5 Å². The fourth-order valence-electron chi connectivity index (χ4n) is 4.90. The second kappa shape index (κ2) is 13.7. The summed E-state index contributed by atoms with van der Waals surface area (Å²) in [6, 6.07) is 28.5. The molecule has 6 aromatic rings. The molecule has 0 unspecified atom stereocenters. The first-order chi connectivity index (χ1) is 22.5. The lowest BCUT2D eigenvalue weighted by molar-refractivity contribution is 0.262. The van der Waals surface area contributed by atoms with Gasteiger partial charge in [-0.15, -0.1) is 0 Å². The number of phenols is 1. The highest BCUT2D eigenvalue weighted by atomic mass is 16.5. The van der Waals surface area contributed by atoms with Gasteiger partial charge in [0, 0.05) is 34.8 Å². The average molecular weight is 616 g/mol. The molecule has 4 aromatic carbocycles. The Morgan fingerprint density at radius 2 is 1.70 bits per heavy atom. The zero-order valence-electron chi connectivity index (χ0n) is 25.4. The van der Waals surface area contributed by atoms with Gasteiger partial charge in [-0.25, -0.2) is 14.5 Å². The normalized spacial score (nSPS) is 10.8. The number of rotatable bonds is 11. The predicted octanol–water partition coefficient (Wildman–Crippen LogP) is 8.05. The number of nitrogens with one attached hydrogen (secondary N) is 3. The summed E-state index contributed by atoms with van der Waals surface area (Å²) in [4.78, 5) is 22.1. The second-order valence-electron chi connectivity index (χ2n) is 10.5. The summed E-state index contributed by atoms with van der Waals surface area (Å²) in [6.07, 6.45) is 4.44. The van der Waals surface area contributed by atoms with E-state index in [9.17, 15) is 9.90 Å². The van der Waals surface area contributed by atoms with Crippen LogP contribution in [0.15, 0.2) is 103 Å². The molecule has 2 amide bonds. The second-order valence-corrected chi connectivity index (χ2v) is 10.5. The monoisotopic (exact) mass is 615 g/mol. The van der Waals surface area contributed by atoms with Gasteiger partial charge in [0.25, 0.3) is 0 Å². The lowest BCUT2D eigenvalue weighted by atomic mass is 10.1. The molecule has 0 aliphatic carbocycles. The number of ether oxygens (including phenoxy) is 2. The third kappa shape index (κ3) is 6.99. The van der Waals surface area contributed by atoms with Crippen molar-refractivity contribution >= 4 is 39.9 Å². The number of urea groups is 1. The number of carbonyl (C=O) groups is 1. The van der Waals surface area contributed by atoms with Gasteiger partial charge in [0.1, 0.15) is 23.1 Å². The lowest BCUT2D eigenvalue weighted by Crippen LogP contribution is -2.21. The summed E-state index contributed by atoms with van der Waals surface area (Å²) in [7, 11) is 1.62. The van der Waals surface area contributed by atoms with Gasteiger partial charge in [-0.1, -0.05) is 37.6 Å². The van der Waals surface area contributed by atoms with Crippen molar-refractivity contribution in [2.45, 2.75) is 26.2 Å². The molecule has 0 bridgehead atoms. The Hall–Kier alpha value is -6.10. The molecule has 0 saturated carbocycles. The Labute approximate surface area is 265 Å². The van der Waals surface area contributed by atoms with Crippen LogP contribution in [0.25, 0.3) is 16.5 Å². The van der Waals surface area contributed by atoms with E-state index < -0.39 is 6.03 Å². The number of methoxy groups -OCH3 is 1. The number of phenolic OH excluding ortho intramolecular Hbond substituents is 1. The number of carbonyl (C=O) groups excluding carboxylic acids is 1. The summed E-state index contributed by atoms with van der Waals surface area (Å²) < 4.78 is 13.2. The molecule has 11 nitrogen and oxygen atoms in total. The fraction of sp³-hybridized carbons (Fsp3) is 0.143. The van der Waals surface area contributed by atoms with Crippen molar-refractivity contribution in [3.63, 3.8) is 0 Å². The molecular formula is C35H33N7O4. The first kappa shape index (κ1) is 29.9. The topological polar surface area (TPSA) is 135 Å². The zero-order chi connectivity index (χ0) is 31.9. The minimum atomic E-state index is -0.406. The molecule has 2 aromatic heterocycles. The van der Waals surface area contributed by atoms with Gasteiger partial charge >= 0.3 is 6.03 Å². The number of hydrogen-bond acceptors (Lipinski definition) is 8. The molecule has 46 heavy (non-hydrogen) atoms. The number of hydrogen-bond donors (Lipinski definition) is 4. The van der Waals surface area contributed by atoms with Crippen LogP contribution in [0.2, 0.25) is 0 Å². The van der Waals surface area contributed by atoms with Crippen molar-refractivity contribution in [2.75, 3.05) is 23.1 Å². The molecule has 0 atom stereocenters. The Bertz CT molecular complexity index is 1960. The third-order valence-electron chi connectivity index (χ3n) is 7.21. The molecule has 0 fully saturated rings. The maximum absolute atomic E-state index is 13.4. The first-order valence-electron chi connectivity index (χ1n) is 14.9. The number of aromatic hydroxyl groups is 1. The lowest BCUT2D eigenvalue weighted by Gasteiger charge is -2.14. The van der Waals surface area contributed by atoms with E-state index in [2.05, 4.69) is 32.8 Å². The predicted molar refractivity (Wildman–Crippen MR) is 179 cm³/mol. The smallest absolute Gasteiger partial charge is 0.324 e. The highest BCUT2D eigenvalue weighted by molar-refractivity contribution is 6.07. The Morgan fingerprint density at radius 1 is 0.913 bits per heavy atom. The average Bonchev–Trinajstić information content (AvgIpc) is 3.48. The number of aryl methyl sites for hydroxylation is 1. The van der Waals surface area contributed by atoms with E-state index >= 15 is 0 Å². The van der Waals surface area contributed by atoms with E-state index in [0.29, 0.717) is 29.1 Å². The number of amides is 2. The quantitative estimate of drug-likeness (QED) is 0.108. The van der Waals surface area contributed by atoms with Crippen molar-refractivity contribution in [3.05, 3.63) is 109 Å². The van der Waals surface area contributed by atoms with Crippen molar-refractivity contribution in [3.8, 4) is 28.8 Å². The molecule has 232 valence electrons. The molecule has 0 spiro atoms. The van der Waals surface area contributed by atoms with Gasteiger partial charge in [-0.3, -0.25) is 5.32 Å². The van der Waals surface area contributed by atoms with Gasteiger partial charge < -0.3 is 25.2 Å². The van der Waals surface area contributed by atoms with Crippen LogP contribution in [0.3, 0.4) is 0 Å². The van der Waals surface area contributed by atoms with E-state index in [4.69, 9.17) is 14.6 Å². The van der Waals surface area contributed by atoms with Crippen molar-refractivity contribution in [2.24, 2.45) is 0 Å². The molecule has 4 N–H and O–H groups in total. The Morgan fingerprint density at radius 3 is 2.46 bits per heavy atom. The standard InChI is InChI=1S/C35H33N7O4/c1-3-4-7-24-22-32(42(41-24)25-12-16-27(45-2)17-13-25)39-35(44)38-30-18-19-31(29-9-6-5-8-28(29)30)46-33-20-21-36-34(40-33)37-23-10-14-26(43)15-11-23/h5-6,8-22,43H,3-4,7H2,1-2H3,(H,36,37,40)(H2,38,39,44). The number of unbranched alkanes of at least 4 members (excludes halogenated alkanes) is 1. The van der Waals surface area contributed by atoms with Crippen molar-refractivity contribution < 1.29 is 19.4 Å². The van der Waals surface area contributed by atoms with Crippen LogP contribution < -0.4 is 25.4 Å². The van der Waals surface area contributed by atoms with E-state index in [-0.39, 0.29) is 5.75 Å². The molecule has 0 saturated heterocycles. The van der Waals surface area contributed by atoms with Gasteiger partial charge in [-0.2, -0.15) is 10.1 Å². The molecule has 0 aliphatic heterocycles. The van der Waals surface area contributed by atoms with Crippen LogP contribution in [0.4, 0.5) is 27.9 Å². The van der Waals surface area contributed by atoms with E-state index in [0.717, 1.165) is 52.9 Å². The highest BCUT2D eigenvalue weighted by Gasteiger charge is 2.15. The van der Waals surface area contributed by atoms with E-state index in [1.165, 1.54) is 0 Å². The van der Waals surface area contributed by atoms with Crippen molar-refractivity contribution in [1.82, 2.24) is 19.7 Å². The Kier molecular flexibility index (Phi) is 8.91. The summed E-state index contributed by atoms with van der Waals surface area (Å²) in [5.74, 6) is 2.70. The van der Waals surface area contributed by atoms with E-state index in [1.54, 1.807) is 60.5 Å². The molecule has 2 heterocycles. The largest absolute Gasteiger partial charge is 0.508 e. The van der Waals surface area contributed by atoms with Crippen LogP contribution in [0, 0.1) is 0 Å². The summed E-state index contributed by atoms with van der Waals surface area (Å²) >= 11 is 0. The summed E-state index contributed by atoms with van der Waals surface area (Å²) in [5, 5.41) is 24.9. The first-order valence-corrected chi connectivity index (χ1v) is 14.9. The van der Waals surface area contributed by atoms with Gasteiger partial charge in [0.05, 0.1) is 24.2 Å². The van der Waals surface area contributed by atoms with Crippen LogP contribution in [0.1, 0.15) is 25.5 Å². The fourth-order valence-corrected chi connectivity index (χ4v) is 4.90. The summed E-state index contributed by atoms with van der Waals surface area (Å²) in [6.45, 7) is 2.13. The molecule has 11 heteroatoms. The molecule has 0 aliphatic rings. The van der Waals surface area contributed by atoms with Crippen molar-refractivity contribution in [1.29, 1.82) is 0 Å². The zero-order valence-corrected chi connectivity index (χ0v) is 25.4.